The molecule has 0 radical (unpaired) electrons. The maximum atomic E-state index is 12.2. The molecule has 126 valence electrons. The quantitative estimate of drug-likeness (QED) is 0.611. The van der Waals surface area contributed by atoms with Crippen LogP contribution < -0.4 is 14.8 Å². The molecule has 0 aliphatic rings. The van der Waals surface area contributed by atoms with Crippen LogP contribution in [0.2, 0.25) is 0 Å². The van der Waals surface area contributed by atoms with Crippen LogP contribution in [-0.4, -0.2) is 34.0 Å². The normalized spacial score (nSPS) is 10.1. The van der Waals surface area contributed by atoms with Crippen LogP contribution >= 0.6 is 0 Å². The van der Waals surface area contributed by atoms with Crippen molar-refractivity contribution in [3.8, 4) is 11.9 Å². The molecule has 2 aromatic rings. The van der Waals surface area contributed by atoms with Gasteiger partial charge in [0, 0.05) is 17.7 Å². The number of carbonyl (C=O) groups excluding carboxylic acids is 1. The lowest BCUT2D eigenvalue weighted by atomic mass is 10.2. The van der Waals surface area contributed by atoms with Gasteiger partial charge in [-0.3, -0.25) is 14.9 Å². The number of hydrogen-bond acceptors (Lipinski definition) is 7. The van der Waals surface area contributed by atoms with E-state index in [1.807, 2.05) is 0 Å². The number of hydrogen-bond donors (Lipinski definition) is 1. The molecule has 9 heteroatoms. The van der Waals surface area contributed by atoms with Crippen LogP contribution in [0.1, 0.15) is 24.2 Å². The summed E-state index contributed by atoms with van der Waals surface area (Å²) in [5, 5.41) is 13.3. The molecule has 1 heterocycles. The zero-order valence-electron chi connectivity index (χ0n) is 13.2. The largest absolute Gasteiger partial charge is 0.476 e. The number of non-ortho nitro benzene ring substituents is 1. The molecule has 0 atom stereocenters. The van der Waals surface area contributed by atoms with Crippen molar-refractivity contribution >= 4 is 17.3 Å². The van der Waals surface area contributed by atoms with Crippen LogP contribution in [0.4, 0.5) is 11.4 Å². The van der Waals surface area contributed by atoms with Gasteiger partial charge in [0.2, 0.25) is 5.88 Å². The lowest BCUT2D eigenvalue weighted by molar-refractivity contribution is -0.384. The van der Waals surface area contributed by atoms with Gasteiger partial charge in [0.05, 0.1) is 24.3 Å². The van der Waals surface area contributed by atoms with E-state index in [0.717, 1.165) is 0 Å². The minimum Gasteiger partial charge on any atom is -0.476 e. The molecule has 1 aromatic heterocycles. The number of nitro benzene ring substituents is 1. The zero-order valence-corrected chi connectivity index (χ0v) is 13.2. The topological polar surface area (TPSA) is 116 Å². The first-order valence-corrected chi connectivity index (χ1v) is 7.23. The second-order valence-electron chi connectivity index (χ2n) is 4.50. The van der Waals surface area contributed by atoms with Gasteiger partial charge in [0.25, 0.3) is 11.6 Å². The summed E-state index contributed by atoms with van der Waals surface area (Å²) in [4.78, 5) is 30.4. The highest BCUT2D eigenvalue weighted by atomic mass is 16.6. The Morgan fingerprint density at radius 1 is 1.21 bits per heavy atom. The highest BCUT2D eigenvalue weighted by molar-refractivity contribution is 6.04. The Balaban J connectivity index is 2.19. The van der Waals surface area contributed by atoms with Gasteiger partial charge >= 0.3 is 6.01 Å². The van der Waals surface area contributed by atoms with Crippen molar-refractivity contribution in [1.82, 2.24) is 9.97 Å². The lowest BCUT2D eigenvalue weighted by Crippen LogP contribution is -2.14. The molecule has 1 N–H and O–H groups in total. The molecule has 1 amide bonds. The Morgan fingerprint density at radius 3 is 2.46 bits per heavy atom. The van der Waals surface area contributed by atoms with Gasteiger partial charge < -0.3 is 14.8 Å². The molecule has 0 saturated heterocycles. The smallest absolute Gasteiger partial charge is 0.319 e. The van der Waals surface area contributed by atoms with Gasteiger partial charge in [-0.2, -0.15) is 4.98 Å². The number of anilines is 1. The van der Waals surface area contributed by atoms with Gasteiger partial charge in [0.15, 0.2) is 0 Å². The van der Waals surface area contributed by atoms with Crippen LogP contribution in [0.15, 0.2) is 30.5 Å². The number of nitrogens with zero attached hydrogens (tertiary/aromatic N) is 3. The number of aromatic nitrogens is 2. The third kappa shape index (κ3) is 4.15. The molecular formula is C15H16N4O5. The maximum absolute atomic E-state index is 12.2. The predicted octanol–water partition coefficient (Wildman–Crippen LogP) is 2.43. The fourth-order valence-corrected chi connectivity index (χ4v) is 1.81. The third-order valence-electron chi connectivity index (χ3n) is 2.87. The zero-order chi connectivity index (χ0) is 17.5. The third-order valence-corrected chi connectivity index (χ3v) is 2.87. The number of rotatable bonds is 7. The Morgan fingerprint density at radius 2 is 1.88 bits per heavy atom. The van der Waals surface area contributed by atoms with Crippen molar-refractivity contribution in [2.24, 2.45) is 0 Å². The molecule has 2 rings (SSSR count). The molecule has 0 bridgehead atoms. The second kappa shape index (κ2) is 7.86. The highest BCUT2D eigenvalue weighted by Crippen LogP contribution is 2.24. The first-order valence-electron chi connectivity index (χ1n) is 7.23. The van der Waals surface area contributed by atoms with E-state index in [9.17, 15) is 14.9 Å². The van der Waals surface area contributed by atoms with Gasteiger partial charge in [-0.15, -0.1) is 0 Å². The van der Waals surface area contributed by atoms with E-state index in [4.69, 9.17) is 9.47 Å². The van der Waals surface area contributed by atoms with Gasteiger partial charge in [-0.25, -0.2) is 4.98 Å². The fraction of sp³-hybridized carbons (Fsp3) is 0.267. The van der Waals surface area contributed by atoms with Crippen molar-refractivity contribution < 1.29 is 19.2 Å². The SMILES string of the molecule is CCOc1ncc(NC(=O)c2ccc([N+](=O)[O-])cc2)c(OCC)n1. The minimum absolute atomic E-state index is 0.0917. The van der Waals surface area contributed by atoms with Crippen molar-refractivity contribution in [3.63, 3.8) is 0 Å². The summed E-state index contributed by atoms with van der Waals surface area (Å²) in [7, 11) is 0. The molecule has 9 nitrogen and oxygen atoms in total. The van der Waals surface area contributed by atoms with Crippen molar-refractivity contribution in [2.75, 3.05) is 18.5 Å². The summed E-state index contributed by atoms with van der Waals surface area (Å²) in [6.45, 7) is 4.33. The average molecular weight is 332 g/mol. The van der Waals surface area contributed by atoms with Crippen molar-refractivity contribution in [2.45, 2.75) is 13.8 Å². The molecule has 0 spiro atoms. The van der Waals surface area contributed by atoms with Crippen LogP contribution in [0.5, 0.6) is 11.9 Å². The molecule has 1 aromatic carbocycles. The van der Waals surface area contributed by atoms with Gasteiger partial charge in [-0.1, -0.05) is 0 Å². The summed E-state index contributed by atoms with van der Waals surface area (Å²) < 4.78 is 10.6. The molecule has 24 heavy (non-hydrogen) atoms. The van der Waals surface area contributed by atoms with Crippen LogP contribution in [0.3, 0.4) is 0 Å². The van der Waals surface area contributed by atoms with E-state index in [1.165, 1.54) is 30.5 Å². The number of nitrogens with one attached hydrogen (secondary N) is 1. The summed E-state index contributed by atoms with van der Waals surface area (Å²) in [6, 6.07) is 5.39. The van der Waals surface area contributed by atoms with Crippen molar-refractivity contribution in [1.29, 1.82) is 0 Å². The van der Waals surface area contributed by atoms with E-state index in [0.29, 0.717) is 13.2 Å². The Bertz CT molecular complexity index is 733. The lowest BCUT2D eigenvalue weighted by Gasteiger charge is -2.11. The summed E-state index contributed by atoms with van der Waals surface area (Å²) in [5.74, 6) is -0.273. The second-order valence-corrected chi connectivity index (χ2v) is 4.50. The number of ether oxygens (including phenoxy) is 2. The summed E-state index contributed by atoms with van der Waals surface area (Å²) in [6.07, 6.45) is 1.38. The molecule has 0 aliphatic heterocycles. The molecular weight excluding hydrogens is 316 g/mol. The molecule has 0 saturated carbocycles. The summed E-state index contributed by atoms with van der Waals surface area (Å²) >= 11 is 0. The number of carbonyl (C=O) groups is 1. The fourth-order valence-electron chi connectivity index (χ4n) is 1.81. The number of amides is 1. The Hall–Kier alpha value is -3.23. The number of benzene rings is 1. The van der Waals surface area contributed by atoms with Crippen LogP contribution in [0.25, 0.3) is 0 Å². The maximum Gasteiger partial charge on any atom is 0.319 e. The van der Waals surface area contributed by atoms with E-state index >= 15 is 0 Å². The van der Waals surface area contributed by atoms with Gasteiger partial charge in [-0.05, 0) is 26.0 Å². The Labute approximate surface area is 137 Å². The number of nitro groups is 1. The van der Waals surface area contributed by atoms with E-state index in [1.54, 1.807) is 13.8 Å². The van der Waals surface area contributed by atoms with Crippen LogP contribution in [-0.2, 0) is 0 Å². The molecule has 0 unspecified atom stereocenters. The highest BCUT2D eigenvalue weighted by Gasteiger charge is 2.14. The van der Waals surface area contributed by atoms with Gasteiger partial charge in [0.1, 0.15) is 5.69 Å². The minimum atomic E-state index is -0.533. The molecule has 0 fully saturated rings. The first-order chi connectivity index (χ1) is 11.5. The van der Waals surface area contributed by atoms with E-state index in [2.05, 4.69) is 15.3 Å². The summed E-state index contributed by atoms with van der Waals surface area (Å²) in [5.41, 5.74) is 0.451. The standard InChI is InChI=1S/C15H16N4O5/c1-3-23-14-12(9-16-15(18-14)24-4-2)17-13(20)10-5-7-11(8-6-10)19(21)22/h5-9H,3-4H2,1-2H3,(H,17,20). The predicted molar refractivity (Wildman–Crippen MR) is 85.4 cm³/mol. The van der Waals surface area contributed by atoms with Crippen LogP contribution in [0, 0.1) is 10.1 Å². The van der Waals surface area contributed by atoms with E-state index in [-0.39, 0.29) is 28.8 Å². The average Bonchev–Trinajstić information content (AvgIpc) is 2.57. The van der Waals surface area contributed by atoms with E-state index < -0.39 is 10.8 Å². The Kier molecular flexibility index (Phi) is 5.61. The monoisotopic (exact) mass is 332 g/mol. The van der Waals surface area contributed by atoms with Crippen molar-refractivity contribution in [3.05, 3.63) is 46.1 Å². The molecule has 0 aliphatic carbocycles. The first kappa shape index (κ1) is 17.1.